The molecule has 0 radical (unpaired) electrons. The van der Waals surface area contributed by atoms with E-state index in [1.807, 2.05) is 13.0 Å². The number of ether oxygens (including phenoxy) is 2. The Morgan fingerprint density at radius 1 is 1.30 bits per heavy atom. The van der Waals surface area contributed by atoms with Crippen molar-refractivity contribution >= 4 is 17.5 Å². The predicted molar refractivity (Wildman–Crippen MR) is 83.9 cm³/mol. The predicted octanol–water partition coefficient (Wildman–Crippen LogP) is 2.61. The summed E-state index contributed by atoms with van der Waals surface area (Å²) in [4.78, 5) is 14.0. The van der Waals surface area contributed by atoms with Crippen LogP contribution in [-0.2, 0) is 17.8 Å². The highest BCUT2D eigenvalue weighted by Gasteiger charge is 2.19. The number of likely N-dealkylation sites (N-methyl/N-ethyl adjacent to an activating group) is 1. The van der Waals surface area contributed by atoms with Crippen molar-refractivity contribution in [1.82, 2.24) is 10.1 Å². The largest absolute Gasteiger partial charge is 0.486 e. The van der Waals surface area contributed by atoms with Gasteiger partial charge in [-0.3, -0.25) is 4.79 Å². The molecule has 0 unspecified atom stereocenters. The molecule has 6 nitrogen and oxygen atoms in total. The van der Waals surface area contributed by atoms with Crippen molar-refractivity contribution in [2.75, 3.05) is 20.3 Å². The van der Waals surface area contributed by atoms with E-state index in [9.17, 15) is 4.79 Å². The number of aryl methyl sites for hydroxylation is 1. The third kappa shape index (κ3) is 3.59. The topological polar surface area (TPSA) is 64.8 Å². The zero-order chi connectivity index (χ0) is 16.4. The summed E-state index contributed by atoms with van der Waals surface area (Å²) < 4.78 is 16.0. The molecule has 1 aliphatic rings. The number of carbonyl (C=O) groups is 1. The van der Waals surface area contributed by atoms with Crippen molar-refractivity contribution in [1.29, 1.82) is 0 Å². The van der Waals surface area contributed by atoms with Crippen molar-refractivity contribution in [2.24, 2.45) is 0 Å². The van der Waals surface area contributed by atoms with E-state index in [4.69, 9.17) is 25.6 Å². The zero-order valence-electron chi connectivity index (χ0n) is 13.0. The summed E-state index contributed by atoms with van der Waals surface area (Å²) in [6, 6.07) is 5.35. The van der Waals surface area contributed by atoms with Crippen LogP contribution in [0.4, 0.5) is 0 Å². The fraction of sp³-hybridized carbons (Fsp3) is 0.375. The molecular formula is C16H17ClN2O4. The lowest BCUT2D eigenvalue weighted by molar-refractivity contribution is -0.129. The number of hydrogen-bond donors (Lipinski definition) is 0. The molecule has 0 atom stereocenters. The number of halogens is 1. The molecule has 0 saturated carbocycles. The van der Waals surface area contributed by atoms with Crippen LogP contribution < -0.4 is 9.47 Å². The van der Waals surface area contributed by atoms with Gasteiger partial charge >= 0.3 is 0 Å². The number of nitrogens with zero attached hydrogens (tertiary/aromatic N) is 2. The molecule has 0 spiro atoms. The van der Waals surface area contributed by atoms with Crippen molar-refractivity contribution in [3.05, 3.63) is 40.2 Å². The molecule has 0 aliphatic carbocycles. The Bertz CT molecular complexity index is 729. The van der Waals surface area contributed by atoms with E-state index < -0.39 is 0 Å². The minimum absolute atomic E-state index is 0.0432. The van der Waals surface area contributed by atoms with E-state index >= 15 is 0 Å². The Balaban J connectivity index is 1.68. The summed E-state index contributed by atoms with van der Waals surface area (Å²) in [5, 5.41) is 4.35. The number of rotatable bonds is 4. The SMILES string of the molecule is Cc1cc(CN(C)C(=O)Cc2cc(Cl)c3c(c2)OCCO3)no1. The van der Waals surface area contributed by atoms with Gasteiger partial charge in [0.1, 0.15) is 24.7 Å². The van der Waals surface area contributed by atoms with Gasteiger partial charge in [-0.1, -0.05) is 16.8 Å². The number of amides is 1. The van der Waals surface area contributed by atoms with E-state index in [0.29, 0.717) is 36.3 Å². The Morgan fingerprint density at radius 2 is 2.09 bits per heavy atom. The van der Waals surface area contributed by atoms with Gasteiger partial charge in [0.25, 0.3) is 0 Å². The normalized spacial score (nSPS) is 13.0. The average Bonchev–Trinajstić information content (AvgIpc) is 2.92. The van der Waals surface area contributed by atoms with Gasteiger partial charge in [0.05, 0.1) is 18.0 Å². The zero-order valence-corrected chi connectivity index (χ0v) is 13.7. The van der Waals surface area contributed by atoms with Crippen LogP contribution in [0.5, 0.6) is 11.5 Å². The molecule has 1 aromatic heterocycles. The van der Waals surface area contributed by atoms with E-state index in [1.54, 1.807) is 24.1 Å². The second-order valence-corrected chi connectivity index (χ2v) is 5.86. The van der Waals surface area contributed by atoms with Gasteiger partial charge in [-0.25, -0.2) is 0 Å². The van der Waals surface area contributed by atoms with E-state index in [-0.39, 0.29) is 12.3 Å². The van der Waals surface area contributed by atoms with E-state index in [2.05, 4.69) is 5.16 Å². The Labute approximate surface area is 138 Å². The van der Waals surface area contributed by atoms with Crippen LogP contribution in [0.25, 0.3) is 0 Å². The average molecular weight is 337 g/mol. The fourth-order valence-corrected chi connectivity index (χ4v) is 2.69. The molecule has 1 aromatic carbocycles. The van der Waals surface area contributed by atoms with Crippen LogP contribution in [-0.4, -0.2) is 36.2 Å². The van der Waals surface area contributed by atoms with Crippen molar-refractivity contribution < 1.29 is 18.8 Å². The highest BCUT2D eigenvalue weighted by molar-refractivity contribution is 6.32. The minimum Gasteiger partial charge on any atom is -0.486 e. The lowest BCUT2D eigenvalue weighted by Crippen LogP contribution is -2.28. The van der Waals surface area contributed by atoms with E-state index in [1.165, 1.54) is 0 Å². The first-order valence-corrected chi connectivity index (χ1v) is 7.65. The first kappa shape index (κ1) is 15.7. The van der Waals surface area contributed by atoms with Crippen LogP contribution in [0, 0.1) is 6.92 Å². The third-order valence-corrected chi connectivity index (χ3v) is 3.79. The molecule has 0 saturated heterocycles. The van der Waals surface area contributed by atoms with Gasteiger partial charge in [0.15, 0.2) is 11.5 Å². The maximum absolute atomic E-state index is 12.4. The maximum atomic E-state index is 12.4. The number of aromatic nitrogens is 1. The molecule has 122 valence electrons. The van der Waals surface area contributed by atoms with Crippen LogP contribution in [0.15, 0.2) is 22.7 Å². The summed E-state index contributed by atoms with van der Waals surface area (Å²) in [6.45, 7) is 3.17. The van der Waals surface area contributed by atoms with Crippen molar-refractivity contribution in [2.45, 2.75) is 19.9 Å². The van der Waals surface area contributed by atoms with Crippen LogP contribution in [0.2, 0.25) is 5.02 Å². The van der Waals surface area contributed by atoms with Crippen molar-refractivity contribution in [3.8, 4) is 11.5 Å². The highest BCUT2D eigenvalue weighted by Crippen LogP contribution is 2.38. The van der Waals surface area contributed by atoms with Gasteiger partial charge in [-0.05, 0) is 24.6 Å². The molecule has 7 heteroatoms. The molecule has 1 aliphatic heterocycles. The fourth-order valence-electron chi connectivity index (χ4n) is 2.40. The number of carbonyl (C=O) groups excluding carboxylic acids is 1. The molecule has 0 fully saturated rings. The van der Waals surface area contributed by atoms with E-state index in [0.717, 1.165) is 17.0 Å². The smallest absolute Gasteiger partial charge is 0.227 e. The van der Waals surface area contributed by atoms with Crippen LogP contribution in [0.1, 0.15) is 17.0 Å². The van der Waals surface area contributed by atoms with Crippen LogP contribution in [0.3, 0.4) is 0 Å². The Morgan fingerprint density at radius 3 is 2.83 bits per heavy atom. The lowest BCUT2D eigenvalue weighted by Gasteiger charge is -2.21. The number of fused-ring (bicyclic) bond motifs is 1. The number of hydrogen-bond acceptors (Lipinski definition) is 5. The third-order valence-electron chi connectivity index (χ3n) is 3.51. The van der Waals surface area contributed by atoms with Gasteiger partial charge in [-0.15, -0.1) is 0 Å². The molecule has 0 bridgehead atoms. The summed E-state index contributed by atoms with van der Waals surface area (Å²) >= 11 is 6.19. The van der Waals surface area contributed by atoms with Crippen LogP contribution >= 0.6 is 11.6 Å². The second-order valence-electron chi connectivity index (χ2n) is 5.46. The summed E-state index contributed by atoms with van der Waals surface area (Å²) in [5.74, 6) is 1.81. The molecule has 2 heterocycles. The molecule has 23 heavy (non-hydrogen) atoms. The lowest BCUT2D eigenvalue weighted by atomic mass is 10.1. The summed E-state index contributed by atoms with van der Waals surface area (Å²) in [5.41, 5.74) is 1.51. The quantitative estimate of drug-likeness (QED) is 0.858. The van der Waals surface area contributed by atoms with Crippen molar-refractivity contribution in [3.63, 3.8) is 0 Å². The minimum atomic E-state index is -0.0432. The first-order valence-electron chi connectivity index (χ1n) is 7.27. The molecule has 3 rings (SSSR count). The maximum Gasteiger partial charge on any atom is 0.227 e. The van der Waals surface area contributed by atoms with Gasteiger partial charge in [0, 0.05) is 13.1 Å². The first-order chi connectivity index (χ1) is 11.0. The standard InChI is InChI=1S/C16H17ClN2O4/c1-10-5-12(18-23-10)9-19(2)15(20)8-11-6-13(17)16-14(7-11)21-3-4-22-16/h5-7H,3-4,8-9H2,1-2H3. The van der Waals surface area contributed by atoms with Gasteiger partial charge < -0.3 is 18.9 Å². The summed E-state index contributed by atoms with van der Waals surface area (Å²) in [6.07, 6.45) is 0.226. The van der Waals surface area contributed by atoms with Gasteiger partial charge in [0.2, 0.25) is 5.91 Å². The van der Waals surface area contributed by atoms with Gasteiger partial charge in [-0.2, -0.15) is 0 Å². The molecular weight excluding hydrogens is 320 g/mol. The Kier molecular flexibility index (Phi) is 4.43. The number of benzene rings is 1. The highest BCUT2D eigenvalue weighted by atomic mass is 35.5. The molecule has 0 N–H and O–H groups in total. The Hall–Kier alpha value is -2.21. The molecule has 1 amide bonds. The monoisotopic (exact) mass is 336 g/mol. The summed E-state index contributed by atoms with van der Waals surface area (Å²) in [7, 11) is 1.73. The second kappa shape index (κ2) is 6.50. The molecule has 2 aromatic rings.